The molecule has 0 aliphatic heterocycles. The molecular weight excluding hydrogens is 627 g/mol. The summed E-state index contributed by atoms with van der Waals surface area (Å²) in [4.78, 5) is 42.7. The quantitative estimate of drug-likeness (QED) is 0.0287. The lowest BCUT2D eigenvalue weighted by molar-refractivity contribution is -0.161. The highest BCUT2D eigenvalue weighted by Gasteiger charge is 2.22. The second-order valence-electron chi connectivity index (χ2n) is 13.3. The minimum atomic E-state index is -4.75. The van der Waals surface area contributed by atoms with Gasteiger partial charge in [-0.1, -0.05) is 167 Å². The Morgan fingerprint density at radius 3 is 1.44 bits per heavy atom. The summed E-state index contributed by atoms with van der Waals surface area (Å²) in [5.74, 6) is -0.894. The minimum absolute atomic E-state index is 0.198. The monoisotopic (exact) mass is 701 g/mol. The zero-order valence-corrected chi connectivity index (χ0v) is 31.8. The first kappa shape index (κ1) is 46.5. The average molecular weight is 701 g/mol. The van der Waals surface area contributed by atoms with E-state index >= 15 is 0 Å². The molecule has 0 fully saturated rings. The molecular formula is C39H73O8P. The Kier molecular flexibility index (Phi) is 34.3. The van der Waals surface area contributed by atoms with Crippen molar-refractivity contribution in [3.63, 3.8) is 0 Å². The molecule has 2 N–H and O–H groups in total. The van der Waals surface area contributed by atoms with Crippen molar-refractivity contribution in [1.29, 1.82) is 0 Å². The third kappa shape index (κ3) is 37.4. The predicted molar refractivity (Wildman–Crippen MR) is 198 cm³/mol. The van der Waals surface area contributed by atoms with E-state index in [1.165, 1.54) is 96.3 Å². The maximum Gasteiger partial charge on any atom is 0.469 e. The van der Waals surface area contributed by atoms with Crippen LogP contribution in [0.25, 0.3) is 0 Å². The third-order valence-corrected chi connectivity index (χ3v) is 8.96. The number of carbonyl (C=O) groups is 2. The van der Waals surface area contributed by atoms with Crippen molar-refractivity contribution in [3.05, 3.63) is 24.3 Å². The van der Waals surface area contributed by atoms with E-state index in [1.54, 1.807) is 0 Å². The number of esters is 2. The Morgan fingerprint density at radius 2 is 0.958 bits per heavy atom. The summed E-state index contributed by atoms with van der Waals surface area (Å²) in [5, 5.41) is 0. The molecule has 0 saturated heterocycles. The lowest BCUT2D eigenvalue weighted by Crippen LogP contribution is -2.29. The first-order valence-electron chi connectivity index (χ1n) is 19.6. The molecule has 48 heavy (non-hydrogen) atoms. The van der Waals surface area contributed by atoms with Gasteiger partial charge in [0.05, 0.1) is 6.61 Å². The van der Waals surface area contributed by atoms with Crippen molar-refractivity contribution in [3.8, 4) is 0 Å². The summed E-state index contributed by atoms with van der Waals surface area (Å²) in [6.07, 6.45) is 38.9. The minimum Gasteiger partial charge on any atom is -0.462 e. The van der Waals surface area contributed by atoms with Gasteiger partial charge in [-0.05, 0) is 38.5 Å². The lowest BCUT2D eigenvalue weighted by atomic mass is 10.0. The van der Waals surface area contributed by atoms with Gasteiger partial charge in [0.1, 0.15) is 6.61 Å². The Morgan fingerprint density at radius 1 is 0.542 bits per heavy atom. The van der Waals surface area contributed by atoms with E-state index in [4.69, 9.17) is 19.3 Å². The molecule has 0 aromatic heterocycles. The molecule has 0 saturated carbocycles. The van der Waals surface area contributed by atoms with Gasteiger partial charge in [0.2, 0.25) is 0 Å². The van der Waals surface area contributed by atoms with E-state index in [1.807, 2.05) is 0 Å². The number of ether oxygens (including phenoxy) is 2. The molecule has 8 nitrogen and oxygen atoms in total. The molecule has 0 heterocycles. The van der Waals surface area contributed by atoms with Crippen molar-refractivity contribution >= 4 is 19.8 Å². The first-order valence-corrected chi connectivity index (χ1v) is 21.2. The van der Waals surface area contributed by atoms with Crippen molar-refractivity contribution in [2.45, 2.75) is 200 Å². The van der Waals surface area contributed by atoms with Crippen LogP contribution in [0.3, 0.4) is 0 Å². The number of unbranched alkanes of at least 4 members (excludes halogenated alkanes) is 22. The topological polar surface area (TPSA) is 119 Å². The number of hydrogen-bond acceptors (Lipinski definition) is 6. The van der Waals surface area contributed by atoms with Gasteiger partial charge >= 0.3 is 19.8 Å². The van der Waals surface area contributed by atoms with Gasteiger partial charge in [-0.2, -0.15) is 0 Å². The SMILES string of the molecule is CCCC/C=C\C/C=C\CCCCCCCC(=O)O[C@H](COC(=O)CCCCCCCCCCCCCCCCCC)COP(=O)(O)O. The predicted octanol–water partition coefficient (Wildman–Crippen LogP) is 11.6. The van der Waals surface area contributed by atoms with Crippen LogP contribution in [0.1, 0.15) is 194 Å². The van der Waals surface area contributed by atoms with Gasteiger partial charge in [-0.3, -0.25) is 14.1 Å². The average Bonchev–Trinajstić information content (AvgIpc) is 3.05. The molecule has 0 rings (SSSR count). The van der Waals surface area contributed by atoms with E-state index < -0.39 is 32.5 Å². The molecule has 0 amide bonds. The number of rotatable bonds is 36. The summed E-state index contributed by atoms with van der Waals surface area (Å²) in [6.45, 7) is 3.64. The van der Waals surface area contributed by atoms with E-state index in [-0.39, 0.29) is 19.4 Å². The molecule has 282 valence electrons. The second-order valence-corrected chi connectivity index (χ2v) is 14.5. The maximum absolute atomic E-state index is 12.4. The highest BCUT2D eigenvalue weighted by atomic mass is 31.2. The highest BCUT2D eigenvalue weighted by molar-refractivity contribution is 7.46. The summed E-state index contributed by atoms with van der Waals surface area (Å²) in [5.41, 5.74) is 0. The largest absolute Gasteiger partial charge is 0.469 e. The third-order valence-electron chi connectivity index (χ3n) is 8.47. The molecule has 1 atom stereocenters. The van der Waals surface area contributed by atoms with Crippen molar-refractivity contribution in [1.82, 2.24) is 0 Å². The van der Waals surface area contributed by atoms with Crippen LogP contribution in [-0.4, -0.2) is 41.0 Å². The van der Waals surface area contributed by atoms with Crippen LogP contribution in [0.2, 0.25) is 0 Å². The number of allylic oxidation sites excluding steroid dienone is 4. The van der Waals surface area contributed by atoms with E-state index in [0.29, 0.717) is 6.42 Å². The van der Waals surface area contributed by atoms with Crippen LogP contribution in [0, 0.1) is 0 Å². The van der Waals surface area contributed by atoms with E-state index in [2.05, 4.69) is 42.7 Å². The van der Waals surface area contributed by atoms with Crippen molar-refractivity contribution < 1.29 is 37.9 Å². The molecule has 0 radical (unpaired) electrons. The summed E-state index contributed by atoms with van der Waals surface area (Å²) in [7, 11) is -4.75. The zero-order valence-electron chi connectivity index (χ0n) is 30.9. The summed E-state index contributed by atoms with van der Waals surface area (Å²) in [6, 6.07) is 0. The van der Waals surface area contributed by atoms with Crippen molar-refractivity contribution in [2.24, 2.45) is 0 Å². The number of hydrogen-bond donors (Lipinski definition) is 2. The lowest BCUT2D eigenvalue weighted by Gasteiger charge is -2.18. The Hall–Kier alpha value is -1.47. The molecule has 0 bridgehead atoms. The van der Waals surface area contributed by atoms with Crippen LogP contribution in [0.15, 0.2) is 24.3 Å². The van der Waals surface area contributed by atoms with Crippen LogP contribution in [-0.2, 0) is 28.2 Å². The number of phosphoric ester groups is 1. The molecule has 0 aromatic carbocycles. The second kappa shape index (κ2) is 35.4. The van der Waals surface area contributed by atoms with Crippen LogP contribution < -0.4 is 0 Å². The smallest absolute Gasteiger partial charge is 0.462 e. The fraction of sp³-hybridized carbons (Fsp3) is 0.846. The van der Waals surface area contributed by atoms with Gasteiger partial charge in [-0.25, -0.2) is 4.57 Å². The van der Waals surface area contributed by atoms with Crippen LogP contribution in [0.5, 0.6) is 0 Å². The normalized spacial score (nSPS) is 12.7. The molecule has 0 spiro atoms. The molecule has 0 aliphatic rings. The zero-order chi connectivity index (χ0) is 35.4. The fourth-order valence-electron chi connectivity index (χ4n) is 5.51. The van der Waals surface area contributed by atoms with Crippen molar-refractivity contribution in [2.75, 3.05) is 13.2 Å². The molecule has 9 heteroatoms. The Bertz CT molecular complexity index is 838. The Balaban J connectivity index is 3.94. The first-order chi connectivity index (χ1) is 23.3. The molecule has 0 aliphatic carbocycles. The van der Waals surface area contributed by atoms with Gasteiger partial charge in [0.15, 0.2) is 6.10 Å². The van der Waals surface area contributed by atoms with E-state index in [9.17, 15) is 14.2 Å². The molecule has 0 aromatic rings. The van der Waals surface area contributed by atoms with Gasteiger partial charge in [0, 0.05) is 12.8 Å². The van der Waals surface area contributed by atoms with Crippen LogP contribution >= 0.6 is 7.82 Å². The van der Waals surface area contributed by atoms with Gasteiger partial charge < -0.3 is 19.3 Å². The van der Waals surface area contributed by atoms with E-state index in [0.717, 1.165) is 64.2 Å². The highest BCUT2D eigenvalue weighted by Crippen LogP contribution is 2.36. The summed E-state index contributed by atoms with van der Waals surface area (Å²) >= 11 is 0. The Labute approximate surface area is 294 Å². The summed E-state index contributed by atoms with van der Waals surface area (Å²) < 4.78 is 26.3. The van der Waals surface area contributed by atoms with Crippen LogP contribution in [0.4, 0.5) is 0 Å². The number of carbonyl (C=O) groups excluding carboxylic acids is 2. The van der Waals surface area contributed by atoms with Gasteiger partial charge in [-0.15, -0.1) is 0 Å². The maximum atomic E-state index is 12.4. The van der Waals surface area contributed by atoms with Gasteiger partial charge in [0.25, 0.3) is 0 Å². The standard InChI is InChI=1S/C39H73O8P/c1-3-5-7-9-11-13-15-17-19-20-22-23-25-27-29-31-33-38(40)45-35-37(36-46-48(42,43)44)47-39(41)34-32-30-28-26-24-21-18-16-14-12-10-8-6-4-2/h10,12,16,18,37H,3-9,11,13-15,17,19-36H2,1-2H3,(H2,42,43,44)/b12-10-,18-16-/t37-/m1/s1. The number of phosphoric acid groups is 1. The fourth-order valence-corrected chi connectivity index (χ4v) is 5.87. The molecule has 0 unspecified atom stereocenters.